The minimum absolute atomic E-state index is 0.381. The van der Waals surface area contributed by atoms with Gasteiger partial charge in [0.2, 0.25) is 0 Å². The lowest BCUT2D eigenvalue weighted by Gasteiger charge is -2.07. The number of rotatable bonds is 6. The van der Waals surface area contributed by atoms with Crippen molar-refractivity contribution >= 4 is 11.6 Å². The summed E-state index contributed by atoms with van der Waals surface area (Å²) in [5.41, 5.74) is 0.412. The molecule has 0 aliphatic rings. The molecule has 2 rings (SSSR count). The summed E-state index contributed by atoms with van der Waals surface area (Å²) in [6, 6.07) is 4.04. The number of benzene rings is 1. The van der Waals surface area contributed by atoms with Crippen molar-refractivity contribution in [1.29, 1.82) is 0 Å². The van der Waals surface area contributed by atoms with Gasteiger partial charge in [0.1, 0.15) is 5.82 Å². The molecule has 0 fully saturated rings. The van der Waals surface area contributed by atoms with Crippen molar-refractivity contribution in [3.8, 4) is 5.69 Å². The quantitative estimate of drug-likeness (QED) is 0.808. The molecule has 0 saturated heterocycles. The predicted molar refractivity (Wildman–Crippen MR) is 67.7 cm³/mol. The van der Waals surface area contributed by atoms with Crippen LogP contribution in [0.4, 0.5) is 4.39 Å². The van der Waals surface area contributed by atoms with Crippen LogP contribution in [0.15, 0.2) is 18.2 Å². The van der Waals surface area contributed by atoms with Crippen LogP contribution >= 0.6 is 11.6 Å². The Bertz CT molecular complexity index is 548. The van der Waals surface area contributed by atoms with E-state index >= 15 is 0 Å². The molecule has 0 bridgehead atoms. The second-order valence-electron chi connectivity index (χ2n) is 3.77. The van der Waals surface area contributed by atoms with Crippen LogP contribution in [0, 0.1) is 5.82 Å². The van der Waals surface area contributed by atoms with E-state index < -0.39 is 5.82 Å². The van der Waals surface area contributed by atoms with Gasteiger partial charge in [-0.05, 0) is 22.6 Å². The number of halogens is 2. The molecule has 19 heavy (non-hydrogen) atoms. The van der Waals surface area contributed by atoms with E-state index in [2.05, 4.69) is 20.8 Å². The van der Waals surface area contributed by atoms with Crippen LogP contribution in [0.2, 0.25) is 5.02 Å². The van der Waals surface area contributed by atoms with Crippen molar-refractivity contribution in [1.82, 2.24) is 25.5 Å². The van der Waals surface area contributed by atoms with Crippen LogP contribution in [0.3, 0.4) is 0 Å². The average Bonchev–Trinajstić information content (AvgIpc) is 2.86. The van der Waals surface area contributed by atoms with Gasteiger partial charge in [-0.3, -0.25) is 0 Å². The summed E-state index contributed by atoms with van der Waals surface area (Å²) in [6.45, 7) is 1.69. The summed E-state index contributed by atoms with van der Waals surface area (Å²) in [5, 5.41) is 14.8. The summed E-state index contributed by atoms with van der Waals surface area (Å²) < 4.78 is 19.6. The second-order valence-corrected chi connectivity index (χ2v) is 4.18. The molecule has 2 aromatic rings. The third-order valence-electron chi connectivity index (χ3n) is 2.44. The molecule has 1 N–H and O–H groups in total. The first-order valence-electron chi connectivity index (χ1n) is 5.64. The Hall–Kier alpha value is -1.57. The van der Waals surface area contributed by atoms with Crippen LogP contribution < -0.4 is 5.32 Å². The zero-order chi connectivity index (χ0) is 13.7. The molecular formula is C11H13ClFN5O. The largest absolute Gasteiger partial charge is 0.383 e. The number of tetrazole rings is 1. The van der Waals surface area contributed by atoms with Crippen LogP contribution in [0.1, 0.15) is 5.82 Å². The highest BCUT2D eigenvalue weighted by molar-refractivity contribution is 6.32. The fraction of sp³-hybridized carbons (Fsp3) is 0.364. The Morgan fingerprint density at radius 1 is 1.47 bits per heavy atom. The van der Waals surface area contributed by atoms with E-state index in [9.17, 15) is 4.39 Å². The summed E-state index contributed by atoms with van der Waals surface area (Å²) in [5.74, 6) is 0.150. The first kappa shape index (κ1) is 13.9. The van der Waals surface area contributed by atoms with Crippen LogP contribution in [-0.2, 0) is 11.3 Å². The van der Waals surface area contributed by atoms with Crippen molar-refractivity contribution in [3.63, 3.8) is 0 Å². The number of ether oxygens (including phenoxy) is 1. The highest BCUT2D eigenvalue weighted by Gasteiger charge is 2.11. The zero-order valence-electron chi connectivity index (χ0n) is 10.3. The number of hydrogen-bond donors (Lipinski definition) is 1. The van der Waals surface area contributed by atoms with Gasteiger partial charge in [-0.2, -0.15) is 4.68 Å². The fourth-order valence-electron chi connectivity index (χ4n) is 1.53. The third-order valence-corrected chi connectivity index (χ3v) is 2.76. The van der Waals surface area contributed by atoms with E-state index in [1.807, 2.05) is 0 Å². The van der Waals surface area contributed by atoms with Gasteiger partial charge in [0.25, 0.3) is 0 Å². The molecule has 102 valence electrons. The first-order valence-corrected chi connectivity index (χ1v) is 6.02. The van der Waals surface area contributed by atoms with Crippen LogP contribution in [-0.4, -0.2) is 40.5 Å². The Labute approximate surface area is 114 Å². The molecule has 1 aromatic carbocycles. The normalized spacial score (nSPS) is 10.9. The lowest BCUT2D eigenvalue weighted by molar-refractivity contribution is 0.199. The lowest BCUT2D eigenvalue weighted by atomic mass is 10.3. The minimum atomic E-state index is -0.395. The maximum absolute atomic E-state index is 13.3. The summed E-state index contributed by atoms with van der Waals surface area (Å²) in [7, 11) is 1.62. The van der Waals surface area contributed by atoms with Gasteiger partial charge in [0.15, 0.2) is 5.82 Å². The number of nitrogens with zero attached hydrogens (tertiary/aromatic N) is 4. The monoisotopic (exact) mass is 285 g/mol. The minimum Gasteiger partial charge on any atom is -0.383 e. The van der Waals surface area contributed by atoms with Gasteiger partial charge < -0.3 is 10.1 Å². The molecule has 1 heterocycles. The Kier molecular flexibility index (Phi) is 4.78. The lowest BCUT2D eigenvalue weighted by Crippen LogP contribution is -2.21. The summed E-state index contributed by atoms with van der Waals surface area (Å²) in [6.07, 6.45) is 0. The smallest absolute Gasteiger partial charge is 0.170 e. The summed E-state index contributed by atoms with van der Waals surface area (Å²) in [4.78, 5) is 0. The van der Waals surface area contributed by atoms with Gasteiger partial charge in [0.05, 0.1) is 23.9 Å². The molecule has 0 amide bonds. The van der Waals surface area contributed by atoms with E-state index in [-0.39, 0.29) is 0 Å². The molecule has 0 saturated carbocycles. The molecule has 6 nitrogen and oxygen atoms in total. The molecule has 0 atom stereocenters. The molecule has 8 heteroatoms. The van der Waals surface area contributed by atoms with E-state index in [4.69, 9.17) is 16.3 Å². The molecule has 1 aromatic heterocycles. The van der Waals surface area contributed by atoms with Crippen molar-refractivity contribution in [2.24, 2.45) is 0 Å². The predicted octanol–water partition coefficient (Wildman–Crippen LogP) is 1.19. The number of nitrogens with one attached hydrogen (secondary N) is 1. The zero-order valence-corrected chi connectivity index (χ0v) is 11.1. The Morgan fingerprint density at radius 2 is 2.32 bits per heavy atom. The van der Waals surface area contributed by atoms with E-state index in [0.717, 1.165) is 0 Å². The highest BCUT2D eigenvalue weighted by Crippen LogP contribution is 2.21. The standard InChI is InChI=1S/C11H13ClFN5O/c1-19-5-4-14-7-11-15-16-17-18(11)10-6-8(13)2-3-9(10)12/h2-3,6,14H,4-5,7H2,1H3. The Morgan fingerprint density at radius 3 is 3.11 bits per heavy atom. The van der Waals surface area contributed by atoms with E-state index in [1.165, 1.54) is 22.9 Å². The van der Waals surface area contributed by atoms with Crippen molar-refractivity contribution in [2.45, 2.75) is 6.54 Å². The fourth-order valence-corrected chi connectivity index (χ4v) is 1.72. The first-order chi connectivity index (χ1) is 9.22. The van der Waals surface area contributed by atoms with E-state index in [0.29, 0.717) is 36.2 Å². The second kappa shape index (κ2) is 6.55. The number of methoxy groups -OCH3 is 1. The SMILES string of the molecule is COCCNCc1nnnn1-c1cc(F)ccc1Cl. The van der Waals surface area contributed by atoms with Crippen LogP contribution in [0.25, 0.3) is 5.69 Å². The summed E-state index contributed by atoms with van der Waals surface area (Å²) >= 11 is 6.02. The number of hydrogen-bond acceptors (Lipinski definition) is 5. The topological polar surface area (TPSA) is 64.9 Å². The molecule has 0 unspecified atom stereocenters. The average molecular weight is 286 g/mol. The van der Waals surface area contributed by atoms with Gasteiger partial charge in [0, 0.05) is 19.7 Å². The molecule has 0 aliphatic heterocycles. The van der Waals surface area contributed by atoms with Gasteiger partial charge >= 0.3 is 0 Å². The van der Waals surface area contributed by atoms with Gasteiger partial charge in [-0.1, -0.05) is 11.6 Å². The van der Waals surface area contributed by atoms with Crippen LogP contribution in [0.5, 0.6) is 0 Å². The maximum Gasteiger partial charge on any atom is 0.170 e. The molecular weight excluding hydrogens is 273 g/mol. The van der Waals surface area contributed by atoms with Gasteiger partial charge in [-0.15, -0.1) is 5.10 Å². The number of aromatic nitrogens is 4. The molecule has 0 spiro atoms. The van der Waals surface area contributed by atoms with E-state index in [1.54, 1.807) is 7.11 Å². The Balaban J connectivity index is 2.16. The van der Waals surface area contributed by atoms with Crippen molar-refractivity contribution in [2.75, 3.05) is 20.3 Å². The third kappa shape index (κ3) is 3.46. The highest BCUT2D eigenvalue weighted by atomic mass is 35.5. The van der Waals surface area contributed by atoms with Crippen molar-refractivity contribution in [3.05, 3.63) is 34.9 Å². The van der Waals surface area contributed by atoms with Crippen molar-refractivity contribution < 1.29 is 9.13 Å². The maximum atomic E-state index is 13.3. The van der Waals surface area contributed by atoms with Gasteiger partial charge in [-0.25, -0.2) is 4.39 Å². The molecule has 0 radical (unpaired) electrons. The molecule has 0 aliphatic carbocycles.